The van der Waals surface area contributed by atoms with Gasteiger partial charge in [-0.05, 0) is 36.6 Å². The van der Waals surface area contributed by atoms with Crippen LogP contribution >= 0.6 is 15.9 Å². The smallest absolute Gasteiger partial charge is 0.0178 e. The summed E-state index contributed by atoms with van der Waals surface area (Å²) in [7, 11) is 0. The number of rotatable bonds is 2. The van der Waals surface area contributed by atoms with E-state index in [0.717, 1.165) is 0 Å². The molecule has 0 saturated carbocycles. The zero-order chi connectivity index (χ0) is 10.3. The van der Waals surface area contributed by atoms with E-state index in [0.29, 0.717) is 0 Å². The van der Waals surface area contributed by atoms with Crippen LogP contribution in [-0.4, -0.2) is 0 Å². The monoisotopic (exact) mass is 242 g/mol. The van der Waals surface area contributed by atoms with Crippen LogP contribution in [0.4, 0.5) is 0 Å². The summed E-state index contributed by atoms with van der Waals surface area (Å²) in [5.41, 5.74) is 2.86. The molecule has 74 valence electrons. The normalized spacial score (nSPS) is 9.00. The molecular weight excluding hydrogens is 224 g/mol. The summed E-state index contributed by atoms with van der Waals surface area (Å²) < 4.78 is 1.18. The SMILES string of the molecule is CC.CCCc1ccc(Br)cc1C. The lowest BCUT2D eigenvalue weighted by Gasteiger charge is -2.03. The number of halogens is 1. The summed E-state index contributed by atoms with van der Waals surface area (Å²) in [6.45, 7) is 8.37. The minimum absolute atomic E-state index is 1.18. The van der Waals surface area contributed by atoms with E-state index in [2.05, 4.69) is 48.0 Å². The zero-order valence-corrected chi connectivity index (χ0v) is 10.6. The molecule has 0 bridgehead atoms. The van der Waals surface area contributed by atoms with E-state index in [1.54, 1.807) is 0 Å². The molecule has 0 N–H and O–H groups in total. The van der Waals surface area contributed by atoms with Crippen LogP contribution in [0.1, 0.15) is 38.3 Å². The fraction of sp³-hybridized carbons (Fsp3) is 0.500. The predicted molar refractivity (Wildman–Crippen MR) is 64.2 cm³/mol. The molecular formula is C12H19Br. The van der Waals surface area contributed by atoms with Crippen molar-refractivity contribution in [1.29, 1.82) is 0 Å². The highest BCUT2D eigenvalue weighted by Crippen LogP contribution is 2.16. The van der Waals surface area contributed by atoms with E-state index >= 15 is 0 Å². The van der Waals surface area contributed by atoms with Gasteiger partial charge in [0.05, 0.1) is 0 Å². The largest absolute Gasteiger partial charge is 0.0683 e. The third-order valence-electron chi connectivity index (χ3n) is 1.82. The number of aryl methyl sites for hydroxylation is 2. The van der Waals surface area contributed by atoms with Crippen LogP contribution in [0.3, 0.4) is 0 Å². The fourth-order valence-electron chi connectivity index (χ4n) is 1.21. The average molecular weight is 243 g/mol. The van der Waals surface area contributed by atoms with Gasteiger partial charge in [-0.3, -0.25) is 0 Å². The van der Waals surface area contributed by atoms with E-state index < -0.39 is 0 Å². The van der Waals surface area contributed by atoms with Crippen molar-refractivity contribution in [3.63, 3.8) is 0 Å². The lowest BCUT2D eigenvalue weighted by Crippen LogP contribution is -1.87. The topological polar surface area (TPSA) is 0 Å². The Kier molecular flexibility index (Phi) is 6.97. The van der Waals surface area contributed by atoms with Crippen LogP contribution in [0, 0.1) is 6.92 Å². The zero-order valence-electron chi connectivity index (χ0n) is 9.02. The van der Waals surface area contributed by atoms with Crippen LogP contribution < -0.4 is 0 Å². The van der Waals surface area contributed by atoms with E-state index in [1.807, 2.05) is 13.8 Å². The highest BCUT2D eigenvalue weighted by molar-refractivity contribution is 9.10. The van der Waals surface area contributed by atoms with Gasteiger partial charge in [-0.1, -0.05) is 49.2 Å². The van der Waals surface area contributed by atoms with E-state index in [4.69, 9.17) is 0 Å². The highest BCUT2D eigenvalue weighted by Gasteiger charge is 1.96. The highest BCUT2D eigenvalue weighted by atomic mass is 79.9. The van der Waals surface area contributed by atoms with Crippen molar-refractivity contribution in [2.75, 3.05) is 0 Å². The summed E-state index contributed by atoms with van der Waals surface area (Å²) in [6.07, 6.45) is 2.42. The fourth-order valence-corrected chi connectivity index (χ4v) is 1.68. The Bertz CT molecular complexity index is 241. The lowest BCUT2D eigenvalue weighted by molar-refractivity contribution is 0.912. The van der Waals surface area contributed by atoms with Crippen molar-refractivity contribution in [1.82, 2.24) is 0 Å². The second kappa shape index (κ2) is 7.14. The maximum atomic E-state index is 3.45. The molecule has 0 heterocycles. The third kappa shape index (κ3) is 4.47. The van der Waals surface area contributed by atoms with Crippen LogP contribution in [0.15, 0.2) is 22.7 Å². The van der Waals surface area contributed by atoms with Gasteiger partial charge < -0.3 is 0 Å². The average Bonchev–Trinajstić information content (AvgIpc) is 2.14. The molecule has 0 aliphatic carbocycles. The summed E-state index contributed by atoms with van der Waals surface area (Å²) >= 11 is 3.45. The Hall–Kier alpha value is -0.300. The van der Waals surface area contributed by atoms with Gasteiger partial charge >= 0.3 is 0 Å². The Morgan fingerprint density at radius 2 is 1.85 bits per heavy atom. The summed E-state index contributed by atoms with van der Waals surface area (Å²) in [5, 5.41) is 0. The Morgan fingerprint density at radius 3 is 2.31 bits per heavy atom. The molecule has 0 aliphatic rings. The van der Waals surface area contributed by atoms with E-state index in [9.17, 15) is 0 Å². The lowest BCUT2D eigenvalue weighted by atomic mass is 10.1. The minimum Gasteiger partial charge on any atom is -0.0683 e. The van der Waals surface area contributed by atoms with Gasteiger partial charge in [0, 0.05) is 4.47 Å². The maximum Gasteiger partial charge on any atom is 0.0178 e. The molecule has 13 heavy (non-hydrogen) atoms. The van der Waals surface area contributed by atoms with Gasteiger partial charge in [-0.2, -0.15) is 0 Å². The molecule has 0 aromatic heterocycles. The first-order valence-corrected chi connectivity index (χ1v) is 5.78. The molecule has 0 nitrogen and oxygen atoms in total. The first-order valence-electron chi connectivity index (χ1n) is 4.99. The first kappa shape index (κ1) is 12.7. The van der Waals surface area contributed by atoms with Crippen LogP contribution in [-0.2, 0) is 6.42 Å². The molecule has 1 rings (SSSR count). The molecule has 0 atom stereocenters. The molecule has 1 aromatic rings. The van der Waals surface area contributed by atoms with Crippen LogP contribution in [0.2, 0.25) is 0 Å². The second-order valence-electron chi connectivity index (χ2n) is 2.82. The molecule has 0 unspecified atom stereocenters. The van der Waals surface area contributed by atoms with Gasteiger partial charge in [0.2, 0.25) is 0 Å². The molecule has 0 saturated heterocycles. The Morgan fingerprint density at radius 1 is 1.23 bits per heavy atom. The van der Waals surface area contributed by atoms with Gasteiger partial charge in [0.1, 0.15) is 0 Å². The predicted octanol–water partition coefficient (Wildman–Crippen LogP) is 4.74. The molecule has 0 amide bonds. The summed E-state index contributed by atoms with van der Waals surface area (Å²) in [5.74, 6) is 0. The number of benzene rings is 1. The molecule has 0 radical (unpaired) electrons. The second-order valence-corrected chi connectivity index (χ2v) is 3.74. The van der Waals surface area contributed by atoms with E-state index in [1.165, 1.54) is 28.4 Å². The first-order chi connectivity index (χ1) is 6.24. The van der Waals surface area contributed by atoms with Crippen molar-refractivity contribution in [2.45, 2.75) is 40.5 Å². The van der Waals surface area contributed by atoms with Gasteiger partial charge in [-0.15, -0.1) is 0 Å². The third-order valence-corrected chi connectivity index (χ3v) is 2.32. The molecule has 1 aromatic carbocycles. The van der Waals surface area contributed by atoms with Gasteiger partial charge in [0.15, 0.2) is 0 Å². The molecule has 0 fully saturated rings. The van der Waals surface area contributed by atoms with Crippen molar-refractivity contribution in [3.8, 4) is 0 Å². The maximum absolute atomic E-state index is 3.45. The Balaban J connectivity index is 0.000000671. The summed E-state index contributed by atoms with van der Waals surface area (Å²) in [6, 6.07) is 6.48. The summed E-state index contributed by atoms with van der Waals surface area (Å²) in [4.78, 5) is 0. The van der Waals surface area contributed by atoms with Crippen LogP contribution in [0.5, 0.6) is 0 Å². The standard InChI is InChI=1S/C10H13Br.C2H6/c1-3-4-9-5-6-10(11)7-8(9)2;1-2/h5-7H,3-4H2,1-2H3;1-2H3. The van der Waals surface area contributed by atoms with Gasteiger partial charge in [-0.25, -0.2) is 0 Å². The van der Waals surface area contributed by atoms with E-state index in [-0.39, 0.29) is 0 Å². The van der Waals surface area contributed by atoms with Gasteiger partial charge in [0.25, 0.3) is 0 Å². The van der Waals surface area contributed by atoms with Crippen molar-refractivity contribution in [3.05, 3.63) is 33.8 Å². The Labute approximate surface area is 90.5 Å². The van der Waals surface area contributed by atoms with Crippen molar-refractivity contribution in [2.24, 2.45) is 0 Å². The van der Waals surface area contributed by atoms with Crippen LogP contribution in [0.25, 0.3) is 0 Å². The van der Waals surface area contributed by atoms with Crippen molar-refractivity contribution >= 4 is 15.9 Å². The molecule has 0 aliphatic heterocycles. The quantitative estimate of drug-likeness (QED) is 0.704. The number of hydrogen-bond acceptors (Lipinski definition) is 0. The molecule has 0 spiro atoms. The minimum atomic E-state index is 1.18. The molecule has 1 heteroatoms. The van der Waals surface area contributed by atoms with Crippen molar-refractivity contribution < 1.29 is 0 Å². The number of hydrogen-bond donors (Lipinski definition) is 0.